The fourth-order valence-electron chi connectivity index (χ4n) is 2.00. The van der Waals surface area contributed by atoms with Crippen LogP contribution in [0.1, 0.15) is 5.56 Å². The first kappa shape index (κ1) is 13.8. The summed E-state index contributed by atoms with van der Waals surface area (Å²) in [6.45, 7) is 0.517. The largest absolute Gasteiger partial charge is 0.365 e. The molecule has 0 aliphatic carbocycles. The molecule has 104 valence electrons. The van der Waals surface area contributed by atoms with Crippen LogP contribution in [0.15, 0.2) is 42.7 Å². The molecule has 2 rings (SSSR count). The highest BCUT2D eigenvalue weighted by Crippen LogP contribution is 2.34. The van der Waals surface area contributed by atoms with E-state index in [9.17, 15) is 10.1 Å². The highest BCUT2D eigenvalue weighted by molar-refractivity contribution is 5.76. The maximum absolute atomic E-state index is 11.2. The van der Waals surface area contributed by atoms with E-state index in [1.807, 2.05) is 12.1 Å². The minimum Gasteiger partial charge on any atom is -0.365 e. The zero-order valence-electron chi connectivity index (χ0n) is 11.0. The number of benzene rings is 1. The van der Waals surface area contributed by atoms with Gasteiger partial charge in [0.1, 0.15) is 11.4 Å². The molecule has 0 spiro atoms. The summed E-state index contributed by atoms with van der Waals surface area (Å²) < 4.78 is 0. The Morgan fingerprint density at radius 2 is 2.20 bits per heavy atom. The van der Waals surface area contributed by atoms with Crippen molar-refractivity contribution in [2.75, 3.05) is 17.4 Å². The monoisotopic (exact) mass is 273 g/mol. The molecule has 0 atom stereocenters. The summed E-state index contributed by atoms with van der Waals surface area (Å²) in [5.41, 5.74) is 4.06. The number of aromatic nitrogens is 1. The van der Waals surface area contributed by atoms with Crippen LogP contribution in [0.3, 0.4) is 0 Å². The third-order valence-corrected chi connectivity index (χ3v) is 2.91. The summed E-state index contributed by atoms with van der Waals surface area (Å²) in [7, 11) is 1.79. The maximum Gasteiger partial charge on any atom is 0.316 e. The van der Waals surface area contributed by atoms with Crippen molar-refractivity contribution >= 4 is 17.1 Å². The molecule has 0 unspecified atom stereocenters. The van der Waals surface area contributed by atoms with Crippen molar-refractivity contribution in [1.29, 1.82) is 0 Å². The summed E-state index contributed by atoms with van der Waals surface area (Å²) in [4.78, 5) is 16.6. The second-order valence-corrected chi connectivity index (χ2v) is 4.29. The molecule has 0 radical (unpaired) electrons. The van der Waals surface area contributed by atoms with E-state index >= 15 is 0 Å². The molecule has 0 aliphatic rings. The van der Waals surface area contributed by atoms with Gasteiger partial charge in [-0.25, -0.2) is 0 Å². The third-order valence-electron chi connectivity index (χ3n) is 2.91. The predicted octanol–water partition coefficient (Wildman–Crippen LogP) is 1.91. The minimum absolute atomic E-state index is 0.0404. The molecule has 1 aromatic carbocycles. The van der Waals surface area contributed by atoms with Crippen LogP contribution < -0.4 is 16.2 Å². The molecule has 0 bridgehead atoms. The van der Waals surface area contributed by atoms with Crippen LogP contribution in [0.2, 0.25) is 0 Å². The Labute approximate surface area is 116 Å². The molecular weight excluding hydrogens is 258 g/mol. The predicted molar refractivity (Wildman–Crippen MR) is 77.3 cm³/mol. The molecule has 0 saturated heterocycles. The molecule has 0 amide bonds. The lowest BCUT2D eigenvalue weighted by Crippen LogP contribution is -2.19. The van der Waals surface area contributed by atoms with E-state index in [1.54, 1.807) is 42.5 Å². The number of hydrogen-bond donors (Lipinski definition) is 2. The first-order chi connectivity index (χ1) is 9.63. The van der Waals surface area contributed by atoms with Gasteiger partial charge in [-0.1, -0.05) is 12.1 Å². The van der Waals surface area contributed by atoms with Gasteiger partial charge in [-0.2, -0.15) is 0 Å². The van der Waals surface area contributed by atoms with Crippen LogP contribution in [0.25, 0.3) is 0 Å². The highest BCUT2D eigenvalue weighted by Gasteiger charge is 2.21. The first-order valence-electron chi connectivity index (χ1n) is 5.97. The third kappa shape index (κ3) is 2.83. The molecule has 3 N–H and O–H groups in total. The highest BCUT2D eigenvalue weighted by atomic mass is 16.6. The molecule has 7 nitrogen and oxygen atoms in total. The number of nitro groups is 1. The van der Waals surface area contributed by atoms with Gasteiger partial charge in [0.25, 0.3) is 0 Å². The van der Waals surface area contributed by atoms with Crippen LogP contribution in [0.4, 0.5) is 17.1 Å². The van der Waals surface area contributed by atoms with E-state index in [0.717, 1.165) is 5.56 Å². The molecule has 0 saturated carbocycles. The number of nitrogens with two attached hydrogens (primary N) is 1. The summed E-state index contributed by atoms with van der Waals surface area (Å²) >= 11 is 0. The average Bonchev–Trinajstić information content (AvgIpc) is 2.47. The first-order valence-corrected chi connectivity index (χ1v) is 5.97. The van der Waals surface area contributed by atoms with Crippen molar-refractivity contribution in [1.82, 2.24) is 4.98 Å². The Morgan fingerprint density at radius 3 is 2.80 bits per heavy atom. The number of pyridine rings is 1. The lowest BCUT2D eigenvalue weighted by molar-refractivity contribution is -0.383. The molecule has 0 aliphatic heterocycles. The Hall–Kier alpha value is -2.67. The van der Waals surface area contributed by atoms with E-state index in [0.29, 0.717) is 12.2 Å². The van der Waals surface area contributed by atoms with Gasteiger partial charge in [-0.05, 0) is 23.8 Å². The Bertz CT molecular complexity index is 603. The zero-order valence-corrected chi connectivity index (χ0v) is 11.0. The van der Waals surface area contributed by atoms with E-state index in [1.165, 1.54) is 0 Å². The number of hydrogen-bond acceptors (Lipinski definition) is 6. The molecule has 2 aromatic rings. The van der Waals surface area contributed by atoms with Gasteiger partial charge >= 0.3 is 5.69 Å². The summed E-state index contributed by atoms with van der Waals surface area (Å²) in [6.07, 6.45) is 3.41. The number of rotatable bonds is 5. The number of nitrogens with one attached hydrogen (secondary N) is 1. The van der Waals surface area contributed by atoms with Crippen molar-refractivity contribution < 1.29 is 4.92 Å². The standard InChI is InChI=1S/C13H15N5O2/c1-17(9-10-4-3-7-15-8-10)12-6-2-5-11(16-14)13(12)18(19)20/h2-8,16H,9,14H2,1H3. The van der Waals surface area contributed by atoms with E-state index < -0.39 is 4.92 Å². The van der Waals surface area contributed by atoms with E-state index in [2.05, 4.69) is 10.4 Å². The minimum atomic E-state index is -0.440. The lowest BCUT2D eigenvalue weighted by Gasteiger charge is -2.20. The molecule has 1 aromatic heterocycles. The van der Waals surface area contributed by atoms with Gasteiger partial charge in [0.2, 0.25) is 0 Å². The van der Waals surface area contributed by atoms with Crippen molar-refractivity contribution in [3.63, 3.8) is 0 Å². The van der Waals surface area contributed by atoms with Crippen molar-refractivity contribution in [2.24, 2.45) is 5.84 Å². The fraction of sp³-hybridized carbons (Fsp3) is 0.154. The topological polar surface area (TPSA) is 97.3 Å². The second kappa shape index (κ2) is 5.98. The van der Waals surface area contributed by atoms with Crippen LogP contribution >= 0.6 is 0 Å². The SMILES string of the molecule is CN(Cc1cccnc1)c1cccc(NN)c1[N+](=O)[O-]. The summed E-state index contributed by atoms with van der Waals surface area (Å²) in [5, 5.41) is 11.2. The number of nitro benzene ring substituents is 1. The van der Waals surface area contributed by atoms with E-state index in [-0.39, 0.29) is 11.4 Å². The number of nitrogens with zero attached hydrogens (tertiary/aromatic N) is 3. The van der Waals surface area contributed by atoms with Crippen molar-refractivity contribution in [3.05, 3.63) is 58.4 Å². The summed E-state index contributed by atoms with van der Waals surface area (Å²) in [6, 6.07) is 8.72. The maximum atomic E-state index is 11.2. The van der Waals surface area contributed by atoms with Crippen molar-refractivity contribution in [3.8, 4) is 0 Å². The van der Waals surface area contributed by atoms with Gasteiger partial charge < -0.3 is 10.3 Å². The Balaban J connectivity index is 2.34. The fourth-order valence-corrected chi connectivity index (χ4v) is 2.00. The average molecular weight is 273 g/mol. The lowest BCUT2D eigenvalue weighted by atomic mass is 10.2. The molecule has 7 heteroatoms. The molecular formula is C13H15N5O2. The molecule has 20 heavy (non-hydrogen) atoms. The van der Waals surface area contributed by atoms with Gasteiger partial charge in [0.15, 0.2) is 0 Å². The van der Waals surface area contributed by atoms with E-state index in [4.69, 9.17) is 5.84 Å². The molecule has 1 heterocycles. The van der Waals surface area contributed by atoms with Crippen LogP contribution in [0.5, 0.6) is 0 Å². The number of nitrogen functional groups attached to an aromatic ring is 1. The smallest absolute Gasteiger partial charge is 0.316 e. The van der Waals surface area contributed by atoms with Gasteiger partial charge in [0, 0.05) is 26.0 Å². The van der Waals surface area contributed by atoms with Crippen LogP contribution in [-0.2, 0) is 6.54 Å². The number of para-hydroxylation sites is 1. The van der Waals surface area contributed by atoms with Gasteiger partial charge in [0.05, 0.1) is 4.92 Å². The normalized spacial score (nSPS) is 10.1. The number of anilines is 2. The van der Waals surface area contributed by atoms with Crippen molar-refractivity contribution in [2.45, 2.75) is 6.54 Å². The second-order valence-electron chi connectivity index (χ2n) is 4.29. The van der Waals surface area contributed by atoms with Crippen LogP contribution in [-0.4, -0.2) is 17.0 Å². The Morgan fingerprint density at radius 1 is 1.40 bits per heavy atom. The van der Waals surface area contributed by atoms with Gasteiger partial charge in [-0.15, -0.1) is 0 Å². The molecule has 0 fully saturated rings. The van der Waals surface area contributed by atoms with Gasteiger partial charge in [-0.3, -0.25) is 20.9 Å². The Kier molecular flexibility index (Phi) is 4.11. The summed E-state index contributed by atoms with van der Waals surface area (Å²) in [5.74, 6) is 5.33. The number of hydrazine groups is 1. The zero-order chi connectivity index (χ0) is 14.5. The van der Waals surface area contributed by atoms with Crippen LogP contribution in [0, 0.1) is 10.1 Å². The quantitative estimate of drug-likeness (QED) is 0.490.